The van der Waals surface area contributed by atoms with Gasteiger partial charge in [-0.1, -0.05) is 29.5 Å². The second-order valence-corrected chi connectivity index (χ2v) is 7.07. The second kappa shape index (κ2) is 8.89. The lowest BCUT2D eigenvalue weighted by Crippen LogP contribution is -2.18. The summed E-state index contributed by atoms with van der Waals surface area (Å²) in [4.78, 5) is 35.2. The molecule has 0 unspecified atom stereocenters. The maximum atomic E-state index is 12.3. The first-order chi connectivity index (χ1) is 13.9. The van der Waals surface area contributed by atoms with Crippen LogP contribution in [0.4, 0.5) is 10.7 Å². The van der Waals surface area contributed by atoms with Crippen molar-refractivity contribution in [2.24, 2.45) is 5.10 Å². The number of carbonyl (C=O) groups is 2. The number of rotatable bonds is 6. The smallest absolute Gasteiger partial charge is 0.322 e. The number of hydrogen-bond donors (Lipinski definition) is 2. The summed E-state index contributed by atoms with van der Waals surface area (Å²) in [6, 6.07) is 16.6. The lowest BCUT2D eigenvalue weighted by molar-refractivity contribution is -0.380. The molecule has 8 nitrogen and oxygen atoms in total. The standard InChI is InChI=1S/C20H16N4O4S/c1-13-4-2-3-5-17(13)20(26)22-15-8-6-14(7-9-15)19(25)23-21-12-16-10-11-18(29-16)24(27)28/h2-12H,1H3,(H,22,26)(H,23,25)/b21-12+. The van der Waals surface area contributed by atoms with Crippen molar-refractivity contribution in [3.05, 3.63) is 92.3 Å². The van der Waals surface area contributed by atoms with Crippen molar-refractivity contribution in [3.63, 3.8) is 0 Å². The zero-order chi connectivity index (χ0) is 20.8. The molecule has 0 atom stereocenters. The third kappa shape index (κ3) is 5.11. The van der Waals surface area contributed by atoms with Crippen molar-refractivity contribution in [2.45, 2.75) is 6.92 Å². The molecule has 0 bridgehead atoms. The number of carbonyl (C=O) groups excluding carboxylic acids is 2. The van der Waals surface area contributed by atoms with Crippen LogP contribution in [0.1, 0.15) is 31.2 Å². The highest BCUT2D eigenvalue weighted by molar-refractivity contribution is 7.16. The maximum Gasteiger partial charge on any atom is 0.324 e. The van der Waals surface area contributed by atoms with Gasteiger partial charge in [-0.25, -0.2) is 5.43 Å². The van der Waals surface area contributed by atoms with E-state index in [1.807, 2.05) is 19.1 Å². The van der Waals surface area contributed by atoms with E-state index in [1.54, 1.807) is 42.5 Å². The van der Waals surface area contributed by atoms with E-state index >= 15 is 0 Å². The average molecular weight is 408 g/mol. The SMILES string of the molecule is Cc1ccccc1C(=O)Nc1ccc(C(=O)N/N=C/c2ccc([N+](=O)[O-])s2)cc1. The van der Waals surface area contributed by atoms with E-state index in [4.69, 9.17) is 0 Å². The number of nitrogens with one attached hydrogen (secondary N) is 2. The molecule has 9 heteroatoms. The minimum absolute atomic E-state index is 0.00103. The van der Waals surface area contributed by atoms with Gasteiger partial charge in [-0.15, -0.1) is 0 Å². The number of hydrazone groups is 1. The molecule has 1 aromatic heterocycles. The maximum absolute atomic E-state index is 12.3. The Kier molecular flexibility index (Phi) is 6.10. The quantitative estimate of drug-likeness (QED) is 0.365. The summed E-state index contributed by atoms with van der Waals surface area (Å²) >= 11 is 0.955. The van der Waals surface area contributed by atoms with Gasteiger partial charge in [-0.05, 0) is 48.9 Å². The molecule has 0 aliphatic rings. The van der Waals surface area contributed by atoms with E-state index in [-0.39, 0.29) is 10.9 Å². The predicted molar refractivity (Wildman–Crippen MR) is 112 cm³/mol. The zero-order valence-corrected chi connectivity index (χ0v) is 16.1. The van der Waals surface area contributed by atoms with Crippen LogP contribution in [0.15, 0.2) is 65.8 Å². The van der Waals surface area contributed by atoms with Gasteiger partial charge < -0.3 is 5.32 Å². The van der Waals surface area contributed by atoms with Gasteiger partial charge in [0.2, 0.25) is 0 Å². The molecule has 2 N–H and O–H groups in total. The highest BCUT2D eigenvalue weighted by atomic mass is 32.1. The average Bonchev–Trinajstić information content (AvgIpc) is 3.18. The molecule has 0 saturated carbocycles. The van der Waals surface area contributed by atoms with Gasteiger partial charge in [-0.3, -0.25) is 19.7 Å². The summed E-state index contributed by atoms with van der Waals surface area (Å²) in [5, 5.41) is 17.2. The number of nitrogens with zero attached hydrogens (tertiary/aromatic N) is 2. The number of amides is 2. The number of thiophene rings is 1. The molecule has 3 rings (SSSR count). The third-order valence-corrected chi connectivity index (χ3v) is 4.92. The van der Waals surface area contributed by atoms with Crippen molar-refractivity contribution in [2.75, 3.05) is 5.32 Å². The third-order valence-electron chi connectivity index (χ3n) is 3.95. The Morgan fingerprint density at radius 3 is 2.41 bits per heavy atom. The number of nitro groups is 1. The molecule has 2 amide bonds. The predicted octanol–water partition coefficient (Wildman–Crippen LogP) is 3.98. The van der Waals surface area contributed by atoms with E-state index in [2.05, 4.69) is 15.8 Å². The minimum atomic E-state index is -0.486. The van der Waals surface area contributed by atoms with Crippen molar-refractivity contribution >= 4 is 40.1 Å². The molecular weight excluding hydrogens is 392 g/mol. The molecule has 146 valence electrons. The molecule has 1 heterocycles. The summed E-state index contributed by atoms with van der Waals surface area (Å²) in [6.07, 6.45) is 1.34. The fraction of sp³-hybridized carbons (Fsp3) is 0.0500. The van der Waals surface area contributed by atoms with Crippen LogP contribution in [-0.2, 0) is 0 Å². The Balaban J connectivity index is 1.58. The zero-order valence-electron chi connectivity index (χ0n) is 15.3. The van der Waals surface area contributed by atoms with Gasteiger partial charge in [-0.2, -0.15) is 5.10 Å². The minimum Gasteiger partial charge on any atom is -0.322 e. The molecule has 0 saturated heterocycles. The molecule has 0 aliphatic heterocycles. The molecule has 0 fully saturated rings. The Morgan fingerprint density at radius 2 is 1.76 bits per heavy atom. The van der Waals surface area contributed by atoms with Gasteiger partial charge in [0.15, 0.2) is 0 Å². The van der Waals surface area contributed by atoms with Gasteiger partial charge in [0, 0.05) is 22.9 Å². The number of anilines is 1. The van der Waals surface area contributed by atoms with Crippen molar-refractivity contribution in [1.82, 2.24) is 5.43 Å². The lowest BCUT2D eigenvalue weighted by Gasteiger charge is -2.08. The van der Waals surface area contributed by atoms with Crippen LogP contribution in [0.25, 0.3) is 0 Å². The van der Waals surface area contributed by atoms with Crippen LogP contribution >= 0.6 is 11.3 Å². The van der Waals surface area contributed by atoms with Crippen LogP contribution in [0.3, 0.4) is 0 Å². The van der Waals surface area contributed by atoms with E-state index in [1.165, 1.54) is 12.3 Å². The Labute approximate surface area is 170 Å². The molecule has 0 spiro atoms. The number of aryl methyl sites for hydroxylation is 1. The summed E-state index contributed by atoms with van der Waals surface area (Å²) in [5.74, 6) is -0.668. The van der Waals surface area contributed by atoms with E-state index < -0.39 is 10.8 Å². The fourth-order valence-electron chi connectivity index (χ4n) is 2.46. The number of benzene rings is 2. The Morgan fingerprint density at radius 1 is 1.03 bits per heavy atom. The number of hydrogen-bond acceptors (Lipinski definition) is 6. The largest absolute Gasteiger partial charge is 0.324 e. The first-order valence-corrected chi connectivity index (χ1v) is 9.30. The van der Waals surface area contributed by atoms with E-state index in [9.17, 15) is 19.7 Å². The highest BCUT2D eigenvalue weighted by Crippen LogP contribution is 2.22. The van der Waals surface area contributed by atoms with Crippen LogP contribution in [0.5, 0.6) is 0 Å². The van der Waals surface area contributed by atoms with Crippen molar-refractivity contribution in [1.29, 1.82) is 0 Å². The molecule has 3 aromatic rings. The van der Waals surface area contributed by atoms with Crippen molar-refractivity contribution in [3.8, 4) is 0 Å². The molecular formula is C20H16N4O4S. The normalized spacial score (nSPS) is 10.7. The van der Waals surface area contributed by atoms with Gasteiger partial charge in [0.25, 0.3) is 11.8 Å². The summed E-state index contributed by atoms with van der Waals surface area (Å²) in [6.45, 7) is 1.86. The van der Waals surface area contributed by atoms with Crippen molar-refractivity contribution < 1.29 is 14.5 Å². The summed E-state index contributed by atoms with van der Waals surface area (Å²) in [7, 11) is 0. The van der Waals surface area contributed by atoms with E-state index in [0.717, 1.165) is 16.9 Å². The Bertz CT molecular complexity index is 1090. The van der Waals surface area contributed by atoms with Gasteiger partial charge in [0.1, 0.15) is 0 Å². The molecule has 29 heavy (non-hydrogen) atoms. The molecule has 0 radical (unpaired) electrons. The molecule has 2 aromatic carbocycles. The van der Waals surface area contributed by atoms with Crippen LogP contribution < -0.4 is 10.7 Å². The lowest BCUT2D eigenvalue weighted by atomic mass is 10.1. The highest BCUT2D eigenvalue weighted by Gasteiger charge is 2.10. The van der Waals surface area contributed by atoms with Crippen LogP contribution in [0.2, 0.25) is 0 Å². The molecule has 0 aliphatic carbocycles. The summed E-state index contributed by atoms with van der Waals surface area (Å²) in [5.41, 5.74) is 4.73. The Hall–Kier alpha value is -3.85. The van der Waals surface area contributed by atoms with Gasteiger partial charge >= 0.3 is 5.00 Å². The van der Waals surface area contributed by atoms with E-state index in [0.29, 0.717) is 21.7 Å². The fourth-order valence-corrected chi connectivity index (χ4v) is 3.15. The monoisotopic (exact) mass is 408 g/mol. The van der Waals surface area contributed by atoms with Crippen LogP contribution in [-0.4, -0.2) is 23.0 Å². The topological polar surface area (TPSA) is 114 Å². The first-order valence-electron chi connectivity index (χ1n) is 8.49. The summed E-state index contributed by atoms with van der Waals surface area (Å²) < 4.78 is 0. The second-order valence-electron chi connectivity index (χ2n) is 5.98. The first kappa shape index (κ1) is 19.9. The van der Waals surface area contributed by atoms with Crippen LogP contribution in [0, 0.1) is 17.0 Å². The van der Waals surface area contributed by atoms with Gasteiger partial charge in [0.05, 0.1) is 16.0 Å².